The number of carbonyl (C=O) groups excluding carboxylic acids is 1. The maximum Gasteiger partial charge on any atom is 0.329 e. The first-order valence-corrected chi connectivity index (χ1v) is 9.64. The Morgan fingerprint density at radius 2 is 1.84 bits per heavy atom. The van der Waals surface area contributed by atoms with Crippen molar-refractivity contribution in [3.63, 3.8) is 0 Å². The van der Waals surface area contributed by atoms with Crippen LogP contribution in [0.3, 0.4) is 0 Å². The molecule has 0 atom stereocenters. The molecule has 0 heterocycles. The smallest absolute Gasteiger partial charge is 0.329 e. The number of hydrogen-bond donors (Lipinski definition) is 2. The molecule has 138 valence electrons. The molecular weight excluding hydrogens is 386 g/mol. The number of rotatable bonds is 7. The molecule has 0 saturated heterocycles. The van der Waals surface area contributed by atoms with Gasteiger partial charge in [0, 0.05) is 17.4 Å². The number of carboxylic acid groups (broad SMARTS) is 1. The molecule has 0 aliphatic heterocycles. The van der Waals surface area contributed by atoms with Gasteiger partial charge in [0.1, 0.15) is 5.54 Å². The van der Waals surface area contributed by atoms with Gasteiger partial charge >= 0.3 is 5.97 Å². The Balaban J connectivity index is 2.32. The van der Waals surface area contributed by atoms with Crippen LogP contribution in [-0.4, -0.2) is 38.6 Å². The van der Waals surface area contributed by atoms with Gasteiger partial charge < -0.3 is 15.1 Å². The van der Waals surface area contributed by atoms with Crippen molar-refractivity contribution in [1.29, 1.82) is 0 Å². The summed E-state index contributed by atoms with van der Waals surface area (Å²) in [6.45, 7) is 2.29. The summed E-state index contributed by atoms with van der Waals surface area (Å²) in [6.07, 6.45) is 2.90. The van der Waals surface area contributed by atoms with Crippen LogP contribution in [0.5, 0.6) is 0 Å². The van der Waals surface area contributed by atoms with E-state index in [0.29, 0.717) is 19.3 Å². The fourth-order valence-electron chi connectivity index (χ4n) is 3.39. The normalized spacial score (nSPS) is 23.2. The summed E-state index contributed by atoms with van der Waals surface area (Å²) in [5.74, 6) is -1.09. The number of hydrogen-bond acceptors (Lipinski definition) is 3. The Bertz CT molecular complexity index is 594. The Labute approximate surface area is 157 Å². The fourth-order valence-corrected chi connectivity index (χ4v) is 3.66. The van der Waals surface area contributed by atoms with Crippen molar-refractivity contribution in [3.05, 3.63) is 34.3 Å². The Morgan fingerprint density at radius 1 is 1.24 bits per heavy atom. The summed E-state index contributed by atoms with van der Waals surface area (Å²) in [6, 6.07) is 7.58. The zero-order valence-corrected chi connectivity index (χ0v) is 16.2. The third-order valence-corrected chi connectivity index (χ3v) is 5.52. The highest BCUT2D eigenvalue weighted by atomic mass is 79.9. The van der Waals surface area contributed by atoms with Crippen LogP contribution in [0.25, 0.3) is 0 Å². The molecule has 1 aliphatic carbocycles. The van der Waals surface area contributed by atoms with Crippen molar-refractivity contribution in [1.82, 2.24) is 4.90 Å². The van der Waals surface area contributed by atoms with Crippen LogP contribution in [0, 0.1) is 0 Å². The zero-order chi connectivity index (χ0) is 18.4. The van der Waals surface area contributed by atoms with E-state index in [4.69, 9.17) is 0 Å². The van der Waals surface area contributed by atoms with Gasteiger partial charge in [-0.1, -0.05) is 41.4 Å². The van der Waals surface area contributed by atoms with Crippen molar-refractivity contribution in [2.45, 2.75) is 70.1 Å². The van der Waals surface area contributed by atoms with E-state index in [1.54, 1.807) is 4.90 Å². The zero-order valence-electron chi connectivity index (χ0n) is 14.6. The summed E-state index contributed by atoms with van der Waals surface area (Å²) < 4.78 is 0.939. The van der Waals surface area contributed by atoms with E-state index >= 15 is 0 Å². The lowest BCUT2D eigenvalue weighted by Crippen LogP contribution is -2.58. The highest BCUT2D eigenvalue weighted by Gasteiger charge is 2.48. The van der Waals surface area contributed by atoms with Crippen LogP contribution in [0.1, 0.15) is 57.4 Å². The number of aliphatic hydroxyl groups is 1. The molecule has 0 spiro atoms. The second-order valence-electron chi connectivity index (χ2n) is 6.78. The summed E-state index contributed by atoms with van der Waals surface area (Å²) in [5.41, 5.74) is -0.322. The maximum absolute atomic E-state index is 12.9. The quantitative estimate of drug-likeness (QED) is 0.716. The summed E-state index contributed by atoms with van der Waals surface area (Å²) in [5, 5.41) is 19.8. The van der Waals surface area contributed by atoms with Crippen LogP contribution < -0.4 is 0 Å². The number of amides is 1. The molecule has 0 radical (unpaired) electrons. The average molecular weight is 412 g/mol. The topological polar surface area (TPSA) is 77.8 Å². The first kappa shape index (κ1) is 19.9. The van der Waals surface area contributed by atoms with E-state index in [0.717, 1.165) is 22.9 Å². The predicted molar refractivity (Wildman–Crippen MR) is 99.1 cm³/mol. The van der Waals surface area contributed by atoms with E-state index in [1.165, 1.54) is 0 Å². The molecule has 25 heavy (non-hydrogen) atoms. The van der Waals surface area contributed by atoms with Crippen LogP contribution in [0.4, 0.5) is 0 Å². The molecule has 1 aliphatic rings. The van der Waals surface area contributed by atoms with Gasteiger partial charge in [0.15, 0.2) is 0 Å². The number of unbranched alkanes of at least 4 members (excludes halogenated alkanes) is 1. The predicted octanol–water partition coefficient (Wildman–Crippen LogP) is 3.73. The van der Waals surface area contributed by atoms with E-state index in [2.05, 4.69) is 15.9 Å². The number of aliphatic carboxylic acids is 1. The lowest BCUT2D eigenvalue weighted by molar-refractivity contribution is -0.164. The molecule has 0 aromatic heterocycles. The summed E-state index contributed by atoms with van der Waals surface area (Å²) in [4.78, 5) is 26.6. The number of carboxylic acids is 1. The second kappa shape index (κ2) is 8.81. The monoisotopic (exact) mass is 411 g/mol. The molecule has 1 aromatic carbocycles. The molecule has 6 heteroatoms. The van der Waals surface area contributed by atoms with Crippen LogP contribution in [-0.2, 0) is 16.1 Å². The molecule has 2 N–H and O–H groups in total. The van der Waals surface area contributed by atoms with Crippen molar-refractivity contribution >= 4 is 27.8 Å². The largest absolute Gasteiger partial charge is 0.479 e. The Hall–Kier alpha value is -1.40. The summed E-state index contributed by atoms with van der Waals surface area (Å²) >= 11 is 3.39. The number of halogens is 1. The van der Waals surface area contributed by atoms with Gasteiger partial charge in [-0.15, -0.1) is 0 Å². The van der Waals surface area contributed by atoms with Crippen molar-refractivity contribution in [3.8, 4) is 0 Å². The van der Waals surface area contributed by atoms with Gasteiger partial charge in [-0.25, -0.2) is 4.79 Å². The molecule has 1 fully saturated rings. The minimum absolute atomic E-state index is 0.122. The molecule has 2 rings (SSSR count). The van der Waals surface area contributed by atoms with Crippen molar-refractivity contribution in [2.75, 3.05) is 0 Å². The van der Waals surface area contributed by atoms with E-state index in [9.17, 15) is 19.8 Å². The second-order valence-corrected chi connectivity index (χ2v) is 7.69. The lowest BCUT2D eigenvalue weighted by Gasteiger charge is -2.44. The molecule has 1 aromatic rings. The first-order valence-electron chi connectivity index (χ1n) is 8.85. The standard InChI is InChI=1S/C19H26BrNO4/c1-2-3-4-17(23)21(13-14-5-7-15(20)8-6-14)19(18(24)25)11-9-16(22)10-12-19/h5-8,16,22H,2-4,9-13H2,1H3,(H,24,25). The SMILES string of the molecule is CCCCC(=O)N(Cc1ccc(Br)cc1)C1(C(=O)O)CCC(O)CC1. The van der Waals surface area contributed by atoms with E-state index in [-0.39, 0.29) is 25.3 Å². The Morgan fingerprint density at radius 3 is 2.36 bits per heavy atom. The number of carbonyl (C=O) groups is 2. The van der Waals surface area contributed by atoms with Crippen LogP contribution in [0.2, 0.25) is 0 Å². The van der Waals surface area contributed by atoms with E-state index in [1.807, 2.05) is 31.2 Å². The van der Waals surface area contributed by atoms with Gasteiger partial charge in [-0.3, -0.25) is 4.79 Å². The van der Waals surface area contributed by atoms with Gasteiger partial charge in [0.05, 0.1) is 6.10 Å². The molecule has 0 unspecified atom stereocenters. The van der Waals surface area contributed by atoms with Gasteiger partial charge in [0.2, 0.25) is 5.91 Å². The first-order chi connectivity index (χ1) is 11.9. The lowest BCUT2D eigenvalue weighted by atomic mass is 9.78. The minimum atomic E-state index is -1.23. The van der Waals surface area contributed by atoms with Crippen LogP contribution >= 0.6 is 15.9 Å². The molecule has 1 saturated carbocycles. The van der Waals surface area contributed by atoms with Crippen LogP contribution in [0.15, 0.2) is 28.7 Å². The number of aliphatic hydroxyl groups excluding tert-OH is 1. The average Bonchev–Trinajstić information content (AvgIpc) is 2.60. The van der Waals surface area contributed by atoms with Crippen molar-refractivity contribution < 1.29 is 19.8 Å². The molecule has 5 nitrogen and oxygen atoms in total. The summed E-state index contributed by atoms with van der Waals surface area (Å²) in [7, 11) is 0. The van der Waals surface area contributed by atoms with Gasteiger partial charge in [0.25, 0.3) is 0 Å². The number of nitrogens with zero attached hydrogens (tertiary/aromatic N) is 1. The fraction of sp³-hybridized carbons (Fsp3) is 0.579. The molecule has 1 amide bonds. The minimum Gasteiger partial charge on any atom is -0.479 e. The van der Waals surface area contributed by atoms with Gasteiger partial charge in [-0.05, 0) is 49.8 Å². The third kappa shape index (κ3) is 4.82. The highest BCUT2D eigenvalue weighted by Crippen LogP contribution is 2.36. The third-order valence-electron chi connectivity index (χ3n) is 5.00. The highest BCUT2D eigenvalue weighted by molar-refractivity contribution is 9.10. The molecule has 0 bridgehead atoms. The number of benzene rings is 1. The molecular formula is C19H26BrNO4. The Kier molecular flexibility index (Phi) is 7.02. The van der Waals surface area contributed by atoms with E-state index < -0.39 is 17.6 Å². The maximum atomic E-state index is 12.9. The van der Waals surface area contributed by atoms with Gasteiger partial charge in [-0.2, -0.15) is 0 Å². The van der Waals surface area contributed by atoms with Crippen molar-refractivity contribution in [2.24, 2.45) is 0 Å².